The summed E-state index contributed by atoms with van der Waals surface area (Å²) in [7, 11) is 1.90. The number of benzene rings is 1. The minimum absolute atomic E-state index is 0.287. The molecule has 0 spiro atoms. The molecule has 1 N–H and O–H groups in total. The molecule has 0 unspecified atom stereocenters. The lowest BCUT2D eigenvalue weighted by molar-refractivity contribution is -0.134. The van der Waals surface area contributed by atoms with Gasteiger partial charge in [0.2, 0.25) is 5.91 Å². The summed E-state index contributed by atoms with van der Waals surface area (Å²) in [6.45, 7) is 1.52. The third-order valence-electron chi connectivity index (χ3n) is 4.12. The molecule has 1 aromatic carbocycles. The molecule has 1 aromatic rings. The molecule has 2 rings (SSSR count). The molecule has 3 nitrogen and oxygen atoms in total. The molecule has 0 aromatic heterocycles. The van der Waals surface area contributed by atoms with E-state index < -0.39 is 0 Å². The zero-order valence-corrected chi connectivity index (χ0v) is 12.5. The lowest BCUT2D eigenvalue weighted by atomic mass is 9.93. The van der Waals surface area contributed by atoms with E-state index in [1.54, 1.807) is 0 Å². The molecule has 0 bridgehead atoms. The van der Waals surface area contributed by atoms with Gasteiger partial charge in [0.1, 0.15) is 0 Å². The molecule has 110 valence electrons. The Morgan fingerprint density at radius 2 is 1.90 bits per heavy atom. The van der Waals surface area contributed by atoms with Crippen LogP contribution in [-0.2, 0) is 11.3 Å². The zero-order chi connectivity index (χ0) is 14.2. The van der Waals surface area contributed by atoms with Crippen LogP contribution in [0, 0.1) is 0 Å². The van der Waals surface area contributed by atoms with Gasteiger partial charge in [-0.3, -0.25) is 4.79 Å². The van der Waals surface area contributed by atoms with Crippen LogP contribution in [0.4, 0.5) is 0 Å². The van der Waals surface area contributed by atoms with Gasteiger partial charge in [0.15, 0.2) is 0 Å². The van der Waals surface area contributed by atoms with E-state index in [2.05, 4.69) is 22.3 Å². The van der Waals surface area contributed by atoms with Crippen LogP contribution < -0.4 is 5.32 Å². The van der Waals surface area contributed by atoms with Gasteiger partial charge in [0.05, 0.1) is 0 Å². The Morgan fingerprint density at radius 3 is 2.55 bits per heavy atom. The lowest BCUT2D eigenvalue weighted by Crippen LogP contribution is -2.41. The smallest absolute Gasteiger partial charge is 0.224 e. The number of hydrogen-bond acceptors (Lipinski definition) is 2. The first-order chi connectivity index (χ1) is 9.81. The Bertz CT molecular complexity index is 399. The van der Waals surface area contributed by atoms with Crippen LogP contribution in [0.2, 0.25) is 0 Å². The van der Waals surface area contributed by atoms with E-state index in [-0.39, 0.29) is 5.91 Å². The number of amides is 1. The topological polar surface area (TPSA) is 32.3 Å². The highest BCUT2D eigenvalue weighted by molar-refractivity contribution is 5.76. The Balaban J connectivity index is 2.04. The normalized spacial score (nSPS) is 16.1. The van der Waals surface area contributed by atoms with Gasteiger partial charge in [0, 0.05) is 25.6 Å². The van der Waals surface area contributed by atoms with Crippen molar-refractivity contribution in [2.45, 2.75) is 51.1 Å². The summed E-state index contributed by atoms with van der Waals surface area (Å²) >= 11 is 0. The first-order valence-electron chi connectivity index (χ1n) is 7.79. The average Bonchev–Trinajstić information content (AvgIpc) is 2.52. The van der Waals surface area contributed by atoms with E-state index in [0.717, 1.165) is 25.9 Å². The maximum atomic E-state index is 12.5. The quantitative estimate of drug-likeness (QED) is 0.865. The minimum atomic E-state index is 0.287. The van der Waals surface area contributed by atoms with Crippen LogP contribution in [0.15, 0.2) is 30.3 Å². The number of hydrogen-bond donors (Lipinski definition) is 1. The van der Waals surface area contributed by atoms with Crippen LogP contribution >= 0.6 is 0 Å². The van der Waals surface area contributed by atoms with E-state index >= 15 is 0 Å². The summed E-state index contributed by atoms with van der Waals surface area (Å²) in [5, 5.41) is 3.07. The predicted octanol–water partition coefficient (Wildman–Crippen LogP) is 2.96. The molecule has 3 heteroatoms. The maximum Gasteiger partial charge on any atom is 0.224 e. The first-order valence-corrected chi connectivity index (χ1v) is 7.79. The maximum absolute atomic E-state index is 12.5. The van der Waals surface area contributed by atoms with Crippen molar-refractivity contribution in [3.05, 3.63) is 35.9 Å². The second-order valence-corrected chi connectivity index (χ2v) is 5.65. The third-order valence-corrected chi connectivity index (χ3v) is 4.12. The van der Waals surface area contributed by atoms with Gasteiger partial charge in [0.25, 0.3) is 0 Å². The van der Waals surface area contributed by atoms with E-state index in [1.807, 2.05) is 25.2 Å². The second kappa shape index (κ2) is 8.05. The van der Waals surface area contributed by atoms with Crippen LogP contribution in [0.1, 0.15) is 44.1 Å². The third kappa shape index (κ3) is 4.34. The van der Waals surface area contributed by atoms with E-state index in [4.69, 9.17) is 0 Å². The van der Waals surface area contributed by atoms with Crippen molar-refractivity contribution in [1.29, 1.82) is 0 Å². The van der Waals surface area contributed by atoms with Gasteiger partial charge in [-0.2, -0.15) is 0 Å². The van der Waals surface area contributed by atoms with Gasteiger partial charge >= 0.3 is 0 Å². The lowest BCUT2D eigenvalue weighted by Gasteiger charge is -2.34. The van der Waals surface area contributed by atoms with Crippen molar-refractivity contribution in [3.8, 4) is 0 Å². The second-order valence-electron chi connectivity index (χ2n) is 5.65. The van der Waals surface area contributed by atoms with Crippen LogP contribution in [0.3, 0.4) is 0 Å². The van der Waals surface area contributed by atoms with Crippen molar-refractivity contribution in [3.63, 3.8) is 0 Å². The average molecular weight is 274 g/mol. The van der Waals surface area contributed by atoms with Crippen LogP contribution in [0.5, 0.6) is 0 Å². The van der Waals surface area contributed by atoms with Gasteiger partial charge in [-0.1, -0.05) is 49.6 Å². The standard InChI is InChI=1S/C17H26N2O/c1-18-13-12-17(20)19(16-10-6-3-7-11-16)14-15-8-4-2-5-9-15/h2,4-5,8-9,16,18H,3,6-7,10-14H2,1H3. The highest BCUT2D eigenvalue weighted by atomic mass is 16.2. The fraction of sp³-hybridized carbons (Fsp3) is 0.588. The first kappa shape index (κ1) is 15.0. The largest absolute Gasteiger partial charge is 0.335 e. The number of rotatable bonds is 6. The van der Waals surface area contributed by atoms with E-state index in [1.165, 1.54) is 24.8 Å². The molecule has 20 heavy (non-hydrogen) atoms. The Morgan fingerprint density at radius 1 is 1.20 bits per heavy atom. The molecule has 0 heterocycles. The monoisotopic (exact) mass is 274 g/mol. The molecule has 1 saturated carbocycles. The predicted molar refractivity (Wildman–Crippen MR) is 82.4 cm³/mol. The molecular weight excluding hydrogens is 248 g/mol. The Labute approximate surface area is 122 Å². The van der Waals surface area contributed by atoms with Crippen molar-refractivity contribution in [2.75, 3.05) is 13.6 Å². The minimum Gasteiger partial charge on any atom is -0.335 e. The van der Waals surface area contributed by atoms with Crippen LogP contribution in [-0.4, -0.2) is 30.4 Å². The van der Waals surface area contributed by atoms with Gasteiger partial charge < -0.3 is 10.2 Å². The molecule has 0 radical (unpaired) electrons. The number of nitrogens with one attached hydrogen (secondary N) is 1. The molecule has 1 aliphatic rings. The van der Waals surface area contributed by atoms with Gasteiger partial charge in [-0.05, 0) is 25.5 Å². The molecule has 0 aliphatic heterocycles. The molecular formula is C17H26N2O. The zero-order valence-electron chi connectivity index (χ0n) is 12.5. The van der Waals surface area contributed by atoms with Crippen molar-refractivity contribution in [2.24, 2.45) is 0 Å². The number of nitrogens with zero attached hydrogens (tertiary/aromatic N) is 1. The number of carbonyl (C=O) groups excluding carboxylic acids is 1. The van der Waals surface area contributed by atoms with Gasteiger partial charge in [-0.25, -0.2) is 0 Å². The van der Waals surface area contributed by atoms with Crippen molar-refractivity contribution in [1.82, 2.24) is 10.2 Å². The van der Waals surface area contributed by atoms with Crippen molar-refractivity contribution < 1.29 is 4.79 Å². The van der Waals surface area contributed by atoms with Gasteiger partial charge in [-0.15, -0.1) is 0 Å². The van der Waals surface area contributed by atoms with E-state index in [0.29, 0.717) is 12.5 Å². The van der Waals surface area contributed by atoms with Crippen molar-refractivity contribution >= 4 is 5.91 Å². The summed E-state index contributed by atoms with van der Waals surface area (Å²) in [5.74, 6) is 0.287. The molecule has 0 saturated heterocycles. The summed E-state index contributed by atoms with van der Waals surface area (Å²) in [5.41, 5.74) is 1.23. The van der Waals surface area contributed by atoms with Crippen LogP contribution in [0.25, 0.3) is 0 Å². The summed E-state index contributed by atoms with van der Waals surface area (Å²) in [4.78, 5) is 14.6. The van der Waals surface area contributed by atoms with E-state index in [9.17, 15) is 4.79 Å². The molecule has 0 atom stereocenters. The highest BCUT2D eigenvalue weighted by Crippen LogP contribution is 2.24. The summed E-state index contributed by atoms with van der Waals surface area (Å²) in [6.07, 6.45) is 6.76. The summed E-state index contributed by atoms with van der Waals surface area (Å²) in [6, 6.07) is 10.8. The fourth-order valence-electron chi connectivity index (χ4n) is 2.97. The SMILES string of the molecule is CNCCC(=O)N(Cc1ccccc1)C1CCCCC1. The molecule has 1 fully saturated rings. The highest BCUT2D eigenvalue weighted by Gasteiger charge is 2.24. The Hall–Kier alpha value is -1.35. The fourth-order valence-corrected chi connectivity index (χ4v) is 2.97. The molecule has 1 amide bonds. The Kier molecular flexibility index (Phi) is 6.06. The summed E-state index contributed by atoms with van der Waals surface area (Å²) < 4.78 is 0. The number of carbonyl (C=O) groups is 1. The molecule has 1 aliphatic carbocycles.